The highest BCUT2D eigenvalue weighted by Gasteiger charge is 2.30. The second kappa shape index (κ2) is 7.25. The van der Waals surface area contributed by atoms with Crippen molar-refractivity contribution in [3.63, 3.8) is 0 Å². The third kappa shape index (κ3) is 4.65. The molecular weight excluding hydrogens is 410 g/mol. The molecule has 1 saturated heterocycles. The molecule has 124 valence electrons. The zero-order valence-corrected chi connectivity index (χ0v) is 14.7. The van der Waals surface area contributed by atoms with Crippen molar-refractivity contribution < 1.29 is 22.6 Å². The molecule has 0 aliphatic carbocycles. The lowest BCUT2D eigenvalue weighted by Crippen LogP contribution is -2.26. The molecule has 0 N–H and O–H groups in total. The van der Waals surface area contributed by atoms with Crippen LogP contribution in [0.3, 0.4) is 0 Å². The Morgan fingerprint density at radius 3 is 2.64 bits per heavy atom. The second-order valence-corrected chi connectivity index (χ2v) is 6.64. The van der Waals surface area contributed by atoms with Gasteiger partial charge in [0.2, 0.25) is 0 Å². The standard InChI is InChI=1S/C15H19F3INO2/c1-10-4-3-5-20(10)8-11-6-12(19)14(13(7-11)21-2)22-9-15(16,17)18/h6-7,10H,3-5,8-9H2,1-2H3. The molecule has 0 amide bonds. The van der Waals surface area contributed by atoms with Crippen molar-refractivity contribution in [2.75, 3.05) is 20.3 Å². The minimum absolute atomic E-state index is 0.152. The Balaban J connectivity index is 2.16. The Hall–Kier alpha value is -0.700. The molecule has 0 aromatic heterocycles. The van der Waals surface area contributed by atoms with Crippen molar-refractivity contribution in [1.82, 2.24) is 4.90 Å². The molecule has 1 unspecified atom stereocenters. The molecule has 1 aliphatic rings. The van der Waals surface area contributed by atoms with Crippen molar-refractivity contribution in [1.29, 1.82) is 0 Å². The molecule has 0 radical (unpaired) electrons. The number of alkyl halides is 3. The Morgan fingerprint density at radius 1 is 1.36 bits per heavy atom. The molecule has 1 aromatic carbocycles. The lowest BCUT2D eigenvalue weighted by atomic mass is 10.1. The number of nitrogens with zero attached hydrogens (tertiary/aromatic N) is 1. The van der Waals surface area contributed by atoms with Gasteiger partial charge in [-0.15, -0.1) is 0 Å². The molecule has 3 nitrogen and oxygen atoms in total. The van der Waals surface area contributed by atoms with Gasteiger partial charge < -0.3 is 9.47 Å². The quantitative estimate of drug-likeness (QED) is 0.655. The van der Waals surface area contributed by atoms with Gasteiger partial charge in [-0.25, -0.2) is 0 Å². The molecule has 1 atom stereocenters. The molecule has 1 heterocycles. The van der Waals surface area contributed by atoms with Gasteiger partial charge in [0.05, 0.1) is 10.7 Å². The van der Waals surface area contributed by atoms with Gasteiger partial charge in [-0.2, -0.15) is 13.2 Å². The lowest BCUT2D eigenvalue weighted by Gasteiger charge is -2.22. The van der Waals surface area contributed by atoms with E-state index in [0.29, 0.717) is 15.4 Å². The van der Waals surface area contributed by atoms with Crippen LogP contribution in [-0.4, -0.2) is 37.4 Å². The van der Waals surface area contributed by atoms with Gasteiger partial charge >= 0.3 is 6.18 Å². The zero-order valence-electron chi connectivity index (χ0n) is 12.5. The summed E-state index contributed by atoms with van der Waals surface area (Å²) in [5.74, 6) is 0.497. The van der Waals surface area contributed by atoms with Gasteiger partial charge in [-0.05, 0) is 66.6 Å². The van der Waals surface area contributed by atoms with E-state index in [1.54, 1.807) is 6.07 Å². The first-order chi connectivity index (χ1) is 10.3. The minimum Gasteiger partial charge on any atom is -0.493 e. The maximum Gasteiger partial charge on any atom is 0.422 e. The Kier molecular flexibility index (Phi) is 5.81. The molecule has 2 rings (SSSR count). The number of hydrogen-bond donors (Lipinski definition) is 0. The topological polar surface area (TPSA) is 21.7 Å². The van der Waals surface area contributed by atoms with E-state index >= 15 is 0 Å². The molecular formula is C15H19F3INO2. The average Bonchev–Trinajstić information content (AvgIpc) is 2.81. The second-order valence-electron chi connectivity index (χ2n) is 5.47. The first kappa shape index (κ1) is 17.7. The lowest BCUT2D eigenvalue weighted by molar-refractivity contribution is -0.153. The smallest absolute Gasteiger partial charge is 0.422 e. The predicted molar refractivity (Wildman–Crippen MR) is 86.4 cm³/mol. The minimum atomic E-state index is -4.36. The Bertz CT molecular complexity index is 522. The third-order valence-corrected chi connectivity index (χ3v) is 4.55. The van der Waals surface area contributed by atoms with E-state index in [-0.39, 0.29) is 5.75 Å². The van der Waals surface area contributed by atoms with Crippen molar-refractivity contribution in [2.45, 2.75) is 38.5 Å². The molecule has 1 aromatic rings. The first-order valence-corrected chi connectivity index (χ1v) is 8.18. The number of halogens is 4. The summed E-state index contributed by atoms with van der Waals surface area (Å²) >= 11 is 1.99. The number of ether oxygens (including phenoxy) is 2. The monoisotopic (exact) mass is 429 g/mol. The summed E-state index contributed by atoms with van der Waals surface area (Å²) in [4.78, 5) is 2.36. The van der Waals surface area contributed by atoms with E-state index in [9.17, 15) is 13.2 Å². The van der Waals surface area contributed by atoms with Gasteiger partial charge in [-0.3, -0.25) is 4.90 Å². The van der Waals surface area contributed by atoms with Crippen LogP contribution in [-0.2, 0) is 6.54 Å². The number of hydrogen-bond acceptors (Lipinski definition) is 3. The van der Waals surface area contributed by atoms with Crippen molar-refractivity contribution in [3.8, 4) is 11.5 Å². The normalized spacial score (nSPS) is 19.5. The highest BCUT2D eigenvalue weighted by atomic mass is 127. The van der Waals surface area contributed by atoms with E-state index in [2.05, 4.69) is 11.8 Å². The van der Waals surface area contributed by atoms with Crippen LogP contribution in [0.15, 0.2) is 12.1 Å². The molecule has 22 heavy (non-hydrogen) atoms. The Morgan fingerprint density at radius 2 is 2.09 bits per heavy atom. The van der Waals surface area contributed by atoms with Crippen LogP contribution >= 0.6 is 22.6 Å². The highest BCUT2D eigenvalue weighted by molar-refractivity contribution is 14.1. The fourth-order valence-corrected chi connectivity index (χ4v) is 3.44. The highest BCUT2D eigenvalue weighted by Crippen LogP contribution is 2.35. The largest absolute Gasteiger partial charge is 0.493 e. The Labute approximate surface area is 141 Å². The average molecular weight is 429 g/mol. The van der Waals surface area contributed by atoms with E-state index < -0.39 is 12.8 Å². The van der Waals surface area contributed by atoms with Crippen LogP contribution in [0.2, 0.25) is 0 Å². The van der Waals surface area contributed by atoms with E-state index in [1.165, 1.54) is 20.0 Å². The number of rotatable bonds is 5. The molecule has 7 heteroatoms. The maximum absolute atomic E-state index is 12.3. The summed E-state index contributed by atoms with van der Waals surface area (Å²) in [5.41, 5.74) is 1.02. The van der Waals surface area contributed by atoms with Gasteiger partial charge in [0.25, 0.3) is 0 Å². The first-order valence-electron chi connectivity index (χ1n) is 7.10. The van der Waals surface area contributed by atoms with Crippen LogP contribution in [0.1, 0.15) is 25.3 Å². The van der Waals surface area contributed by atoms with Crippen LogP contribution in [0.25, 0.3) is 0 Å². The van der Waals surface area contributed by atoms with Gasteiger partial charge in [0.1, 0.15) is 0 Å². The number of likely N-dealkylation sites (tertiary alicyclic amines) is 1. The van der Waals surface area contributed by atoms with Crippen LogP contribution in [0.4, 0.5) is 13.2 Å². The SMILES string of the molecule is COc1cc(CN2CCCC2C)cc(I)c1OCC(F)(F)F. The van der Waals surface area contributed by atoms with Crippen molar-refractivity contribution in [2.24, 2.45) is 0 Å². The van der Waals surface area contributed by atoms with Gasteiger partial charge in [-0.1, -0.05) is 0 Å². The van der Waals surface area contributed by atoms with Crippen LogP contribution < -0.4 is 9.47 Å². The van der Waals surface area contributed by atoms with Gasteiger partial charge in [0, 0.05) is 12.6 Å². The van der Waals surface area contributed by atoms with E-state index in [1.807, 2.05) is 28.7 Å². The van der Waals surface area contributed by atoms with Gasteiger partial charge in [0.15, 0.2) is 18.1 Å². The predicted octanol–water partition coefficient (Wildman–Crippen LogP) is 4.23. The summed E-state index contributed by atoms with van der Waals surface area (Å²) in [5, 5.41) is 0. The summed E-state index contributed by atoms with van der Waals surface area (Å²) < 4.78 is 47.7. The van der Waals surface area contributed by atoms with Crippen LogP contribution in [0.5, 0.6) is 11.5 Å². The van der Waals surface area contributed by atoms with E-state index in [0.717, 1.165) is 18.7 Å². The van der Waals surface area contributed by atoms with E-state index in [4.69, 9.17) is 9.47 Å². The third-order valence-electron chi connectivity index (χ3n) is 3.75. The summed E-state index contributed by atoms with van der Waals surface area (Å²) in [6, 6.07) is 4.16. The summed E-state index contributed by atoms with van der Waals surface area (Å²) in [7, 11) is 1.44. The molecule has 1 fully saturated rings. The zero-order chi connectivity index (χ0) is 16.3. The van der Waals surface area contributed by atoms with Crippen LogP contribution in [0, 0.1) is 3.57 Å². The number of benzene rings is 1. The van der Waals surface area contributed by atoms with Crippen molar-refractivity contribution in [3.05, 3.63) is 21.3 Å². The number of methoxy groups -OCH3 is 1. The summed E-state index contributed by atoms with van der Waals surface area (Å²) in [6.45, 7) is 2.69. The fourth-order valence-electron chi connectivity index (χ4n) is 2.62. The molecule has 0 spiro atoms. The summed E-state index contributed by atoms with van der Waals surface area (Å²) in [6.07, 6.45) is -2.00. The fraction of sp³-hybridized carbons (Fsp3) is 0.600. The molecule has 0 bridgehead atoms. The van der Waals surface area contributed by atoms with Crippen molar-refractivity contribution >= 4 is 22.6 Å². The maximum atomic E-state index is 12.3. The molecule has 0 saturated carbocycles. The molecule has 1 aliphatic heterocycles.